The highest BCUT2D eigenvalue weighted by Crippen LogP contribution is 2.40. The molecule has 0 unspecified atom stereocenters. The Labute approximate surface area is 130 Å². The Morgan fingerprint density at radius 2 is 1.83 bits per heavy atom. The fraction of sp³-hybridized carbons (Fsp3) is 0.533. The molecule has 1 saturated carbocycles. The number of benzene rings is 1. The summed E-state index contributed by atoms with van der Waals surface area (Å²) < 4.78 is 71.9. The minimum atomic E-state index is -4.52. The number of alkyl halides is 3. The van der Waals surface area contributed by atoms with E-state index in [0.717, 1.165) is 24.1 Å². The molecule has 8 heteroatoms. The van der Waals surface area contributed by atoms with E-state index in [1.165, 1.54) is 6.92 Å². The summed E-state index contributed by atoms with van der Waals surface area (Å²) in [7, 11) is 0.961. The molecular weight excluding hydrogens is 321 g/mol. The van der Waals surface area contributed by atoms with Crippen LogP contribution in [-0.4, -0.2) is 31.3 Å². The van der Waals surface area contributed by atoms with E-state index in [0.29, 0.717) is 12.8 Å². The van der Waals surface area contributed by atoms with Gasteiger partial charge in [-0.1, -0.05) is 6.92 Å². The smallest absolute Gasteiger partial charge is 0.408 e. The van der Waals surface area contributed by atoms with Crippen LogP contribution in [0, 0.1) is 11.6 Å². The Hall–Kier alpha value is -1.86. The van der Waals surface area contributed by atoms with Crippen LogP contribution in [0.4, 0.5) is 27.6 Å². The summed E-state index contributed by atoms with van der Waals surface area (Å²) in [5, 5.41) is 0. The highest BCUT2D eigenvalue weighted by atomic mass is 19.4. The van der Waals surface area contributed by atoms with Crippen molar-refractivity contribution in [3.63, 3.8) is 0 Å². The first-order chi connectivity index (χ1) is 10.7. The van der Waals surface area contributed by atoms with Crippen LogP contribution in [0.1, 0.15) is 36.5 Å². The highest BCUT2D eigenvalue weighted by molar-refractivity contribution is 5.90. The van der Waals surface area contributed by atoms with Crippen LogP contribution >= 0.6 is 0 Å². The van der Waals surface area contributed by atoms with Crippen molar-refractivity contribution >= 4 is 11.7 Å². The van der Waals surface area contributed by atoms with Gasteiger partial charge in [0.15, 0.2) is 0 Å². The average molecular weight is 337 g/mol. The van der Waals surface area contributed by atoms with Gasteiger partial charge >= 0.3 is 12.1 Å². The number of anilines is 1. The van der Waals surface area contributed by atoms with Crippen molar-refractivity contribution in [2.24, 2.45) is 0 Å². The molecule has 128 valence electrons. The fourth-order valence-corrected chi connectivity index (χ4v) is 2.59. The molecule has 0 saturated heterocycles. The van der Waals surface area contributed by atoms with E-state index < -0.39 is 41.4 Å². The van der Waals surface area contributed by atoms with Crippen molar-refractivity contribution in [3.8, 4) is 0 Å². The van der Waals surface area contributed by atoms with Gasteiger partial charge in [-0.15, -0.1) is 0 Å². The largest absolute Gasteiger partial charge is 0.465 e. The van der Waals surface area contributed by atoms with Crippen LogP contribution in [-0.2, 0) is 4.74 Å². The highest BCUT2D eigenvalue weighted by Gasteiger charge is 2.47. The van der Waals surface area contributed by atoms with Gasteiger partial charge in [0.25, 0.3) is 0 Å². The van der Waals surface area contributed by atoms with Crippen LogP contribution in [0.2, 0.25) is 0 Å². The van der Waals surface area contributed by atoms with E-state index >= 15 is 0 Å². The van der Waals surface area contributed by atoms with Gasteiger partial charge < -0.3 is 9.64 Å². The van der Waals surface area contributed by atoms with Gasteiger partial charge in [0, 0.05) is 11.7 Å². The molecule has 2 rings (SSSR count). The molecule has 1 aromatic rings. The maximum atomic E-state index is 14.0. The quantitative estimate of drug-likeness (QED) is 0.599. The zero-order valence-electron chi connectivity index (χ0n) is 12.6. The number of halogens is 5. The van der Waals surface area contributed by atoms with Crippen molar-refractivity contribution in [1.29, 1.82) is 0 Å². The lowest BCUT2D eigenvalue weighted by molar-refractivity contribution is -0.149. The van der Waals surface area contributed by atoms with E-state index in [1.54, 1.807) is 0 Å². The number of ether oxygens (including phenoxy) is 1. The molecule has 0 radical (unpaired) electrons. The second-order valence-electron chi connectivity index (χ2n) is 5.38. The third-order valence-electron chi connectivity index (χ3n) is 3.76. The number of hydrogen-bond donors (Lipinski definition) is 0. The predicted molar refractivity (Wildman–Crippen MR) is 73.3 cm³/mol. The van der Waals surface area contributed by atoms with E-state index in [9.17, 15) is 26.7 Å². The molecular formula is C15H16F5NO2. The summed E-state index contributed by atoms with van der Waals surface area (Å²) in [5.74, 6) is -3.70. The summed E-state index contributed by atoms with van der Waals surface area (Å²) in [6.45, 7) is 1.36. The molecule has 0 heterocycles. The fourth-order valence-electron chi connectivity index (χ4n) is 2.59. The summed E-state index contributed by atoms with van der Waals surface area (Å²) in [6.07, 6.45) is -3.73. The van der Waals surface area contributed by atoms with Crippen LogP contribution in [0.3, 0.4) is 0 Å². The molecule has 23 heavy (non-hydrogen) atoms. The molecule has 0 N–H and O–H groups in total. The number of esters is 1. The van der Waals surface area contributed by atoms with Gasteiger partial charge in [-0.05, 0) is 31.4 Å². The van der Waals surface area contributed by atoms with Crippen molar-refractivity contribution in [3.05, 3.63) is 29.3 Å². The molecule has 1 atom stereocenters. The van der Waals surface area contributed by atoms with Gasteiger partial charge in [-0.25, -0.2) is 13.6 Å². The van der Waals surface area contributed by atoms with E-state index in [1.807, 2.05) is 0 Å². The lowest BCUT2D eigenvalue weighted by Gasteiger charge is -2.34. The van der Waals surface area contributed by atoms with Gasteiger partial charge in [0.05, 0.1) is 7.11 Å². The average Bonchev–Trinajstić information content (AvgIpc) is 3.26. The Kier molecular flexibility index (Phi) is 4.81. The Balaban J connectivity index is 2.47. The van der Waals surface area contributed by atoms with Crippen LogP contribution in [0.5, 0.6) is 0 Å². The first-order valence-electron chi connectivity index (χ1n) is 7.13. The van der Waals surface area contributed by atoms with Gasteiger partial charge in [-0.3, -0.25) is 0 Å². The first kappa shape index (κ1) is 17.5. The lowest BCUT2D eigenvalue weighted by atomic mass is 10.1. The van der Waals surface area contributed by atoms with Crippen molar-refractivity contribution < 1.29 is 31.5 Å². The zero-order valence-corrected chi connectivity index (χ0v) is 12.6. The van der Waals surface area contributed by atoms with Crippen molar-refractivity contribution in [1.82, 2.24) is 0 Å². The van der Waals surface area contributed by atoms with Crippen LogP contribution < -0.4 is 4.90 Å². The normalized spacial score (nSPS) is 16.1. The minimum absolute atomic E-state index is 0.223. The molecule has 0 bridgehead atoms. The van der Waals surface area contributed by atoms with E-state index in [4.69, 9.17) is 0 Å². The summed E-state index contributed by atoms with van der Waals surface area (Å²) in [6, 6.07) is -0.744. The summed E-state index contributed by atoms with van der Waals surface area (Å²) in [5.41, 5.74) is -1.13. The number of carbonyl (C=O) groups excluding carboxylic acids is 1. The van der Waals surface area contributed by atoms with Gasteiger partial charge in [0.2, 0.25) is 0 Å². The molecule has 0 spiro atoms. The van der Waals surface area contributed by atoms with Crippen LogP contribution in [0.25, 0.3) is 0 Å². The molecule has 1 aromatic carbocycles. The Bertz CT molecular complexity index is 575. The molecule has 3 nitrogen and oxygen atoms in total. The third kappa shape index (κ3) is 3.56. The number of nitrogens with zero attached hydrogens (tertiary/aromatic N) is 1. The van der Waals surface area contributed by atoms with Crippen molar-refractivity contribution in [2.75, 3.05) is 12.0 Å². The third-order valence-corrected chi connectivity index (χ3v) is 3.76. The SMILES string of the molecule is CC[C@@H](N(c1cc(F)c(C(=O)OC)c(F)c1)C1CC1)C(F)(F)F. The molecule has 1 aliphatic rings. The van der Waals surface area contributed by atoms with E-state index in [2.05, 4.69) is 4.74 Å². The first-order valence-corrected chi connectivity index (χ1v) is 7.13. The zero-order chi connectivity index (χ0) is 17.4. The monoisotopic (exact) mass is 337 g/mol. The van der Waals surface area contributed by atoms with Gasteiger partial charge in [-0.2, -0.15) is 13.2 Å². The molecule has 0 aliphatic heterocycles. The minimum Gasteiger partial charge on any atom is -0.465 e. The molecule has 1 fully saturated rings. The number of rotatable bonds is 5. The maximum Gasteiger partial charge on any atom is 0.408 e. The summed E-state index contributed by atoms with van der Waals surface area (Å²) >= 11 is 0. The van der Waals surface area contributed by atoms with Gasteiger partial charge in [0.1, 0.15) is 23.2 Å². The molecule has 0 aromatic heterocycles. The topological polar surface area (TPSA) is 29.5 Å². The predicted octanol–water partition coefficient (Wildman–Crippen LogP) is 4.06. The second kappa shape index (κ2) is 6.33. The van der Waals surface area contributed by atoms with Crippen molar-refractivity contribution in [2.45, 2.75) is 44.4 Å². The Morgan fingerprint density at radius 3 is 2.17 bits per heavy atom. The Morgan fingerprint density at radius 1 is 1.30 bits per heavy atom. The molecule has 0 amide bonds. The standard InChI is InChI=1S/C15H16F5NO2/c1-3-12(15(18,19)20)21(8-4-5-8)9-6-10(16)13(11(17)7-9)14(22)23-2/h6-8,12H,3-5H2,1-2H3/t12-/m1/s1. The number of methoxy groups -OCH3 is 1. The summed E-state index contributed by atoms with van der Waals surface area (Å²) in [4.78, 5) is 12.3. The lowest BCUT2D eigenvalue weighted by Crippen LogP contribution is -2.47. The maximum absolute atomic E-state index is 14.0. The number of hydrogen-bond acceptors (Lipinski definition) is 3. The number of carbonyl (C=O) groups is 1. The second-order valence-corrected chi connectivity index (χ2v) is 5.38. The molecule has 1 aliphatic carbocycles. The van der Waals surface area contributed by atoms with E-state index in [-0.39, 0.29) is 12.1 Å². The van der Waals surface area contributed by atoms with Crippen LogP contribution in [0.15, 0.2) is 12.1 Å².